The molecule has 0 aliphatic rings. The lowest BCUT2D eigenvalue weighted by Crippen LogP contribution is -2.06. The Bertz CT molecular complexity index is 674. The van der Waals surface area contributed by atoms with Crippen LogP contribution >= 0.6 is 0 Å². The van der Waals surface area contributed by atoms with E-state index in [9.17, 15) is 4.79 Å². The summed E-state index contributed by atoms with van der Waals surface area (Å²) in [6.45, 7) is 5.69. The van der Waals surface area contributed by atoms with Gasteiger partial charge in [-0.05, 0) is 54.8 Å². The normalized spacial score (nSPS) is 10.2. The van der Waals surface area contributed by atoms with Crippen molar-refractivity contribution in [2.45, 2.75) is 39.0 Å². The average Bonchev–Trinajstić information content (AvgIpc) is 2.67. The Morgan fingerprint density at radius 3 is 2.04 bits per heavy atom. The van der Waals surface area contributed by atoms with Crippen LogP contribution in [0.15, 0.2) is 61.2 Å². The highest BCUT2D eigenvalue weighted by Crippen LogP contribution is 2.19. The van der Waals surface area contributed by atoms with Gasteiger partial charge in [-0.3, -0.25) is 0 Å². The van der Waals surface area contributed by atoms with Crippen LogP contribution in [0.2, 0.25) is 0 Å². The Morgan fingerprint density at radius 1 is 0.885 bits per heavy atom. The van der Waals surface area contributed by atoms with Gasteiger partial charge >= 0.3 is 5.97 Å². The highest BCUT2D eigenvalue weighted by molar-refractivity contribution is 5.83. The summed E-state index contributed by atoms with van der Waals surface area (Å²) in [5, 5.41) is 0. The van der Waals surface area contributed by atoms with Crippen LogP contribution in [0.1, 0.15) is 38.2 Å². The highest BCUT2D eigenvalue weighted by Gasteiger charge is 2.01. The maximum Gasteiger partial charge on any atom is 0.335 e. The molecule has 2 aromatic rings. The molecule has 0 bridgehead atoms. The van der Waals surface area contributed by atoms with Crippen LogP contribution in [0.4, 0.5) is 0 Å². The number of unbranched alkanes of at least 4 members (excludes halogenated alkanes) is 3. The van der Waals surface area contributed by atoms with E-state index in [0.29, 0.717) is 11.5 Å². The van der Waals surface area contributed by atoms with Gasteiger partial charge < -0.3 is 14.2 Å². The van der Waals surface area contributed by atoms with Crippen molar-refractivity contribution in [2.24, 2.45) is 0 Å². The maximum absolute atomic E-state index is 11.1. The predicted octanol–water partition coefficient (Wildman–Crippen LogP) is 5.32. The van der Waals surface area contributed by atoms with E-state index in [-0.39, 0.29) is 6.79 Å². The quantitative estimate of drug-likeness (QED) is 0.180. The predicted molar refractivity (Wildman–Crippen MR) is 103 cm³/mol. The Balaban J connectivity index is 1.72. The largest absolute Gasteiger partial charge is 0.458 e. The second-order valence-electron chi connectivity index (χ2n) is 5.96. The lowest BCUT2D eigenvalue weighted by Gasteiger charge is -2.10. The first kappa shape index (κ1) is 19.6. The summed E-state index contributed by atoms with van der Waals surface area (Å²) in [5.74, 6) is 1.36. The van der Waals surface area contributed by atoms with Crippen molar-refractivity contribution < 1.29 is 19.0 Å². The lowest BCUT2D eigenvalue weighted by molar-refractivity contribution is -0.128. The molecule has 0 amide bonds. The average molecular weight is 354 g/mol. The number of rotatable bonds is 11. The lowest BCUT2D eigenvalue weighted by atomic mass is 10.1. The summed E-state index contributed by atoms with van der Waals surface area (Å²) >= 11 is 0. The van der Waals surface area contributed by atoms with Crippen LogP contribution in [-0.2, 0) is 11.2 Å². The van der Waals surface area contributed by atoms with E-state index in [1.54, 1.807) is 24.3 Å². The fourth-order valence-corrected chi connectivity index (χ4v) is 2.44. The van der Waals surface area contributed by atoms with Crippen molar-refractivity contribution in [3.05, 3.63) is 66.7 Å². The van der Waals surface area contributed by atoms with Crippen LogP contribution < -0.4 is 14.2 Å². The van der Waals surface area contributed by atoms with E-state index in [1.807, 2.05) is 12.1 Å². The van der Waals surface area contributed by atoms with Gasteiger partial charge in [0, 0.05) is 6.08 Å². The molecule has 0 radical (unpaired) electrons. The Hall–Kier alpha value is -2.75. The smallest absolute Gasteiger partial charge is 0.335 e. The second-order valence-corrected chi connectivity index (χ2v) is 5.96. The van der Waals surface area contributed by atoms with Gasteiger partial charge in [-0.25, -0.2) is 4.79 Å². The van der Waals surface area contributed by atoms with Gasteiger partial charge in [0.15, 0.2) is 0 Å². The second kappa shape index (κ2) is 11.0. The molecule has 0 saturated heterocycles. The summed E-state index contributed by atoms with van der Waals surface area (Å²) in [6, 6.07) is 14.9. The first-order valence-corrected chi connectivity index (χ1v) is 9.00. The van der Waals surface area contributed by atoms with Crippen LogP contribution in [-0.4, -0.2) is 12.8 Å². The number of benzene rings is 2. The molecule has 0 fully saturated rings. The molecule has 26 heavy (non-hydrogen) atoms. The molecule has 0 unspecified atom stereocenters. The van der Waals surface area contributed by atoms with Crippen LogP contribution in [0.3, 0.4) is 0 Å². The zero-order valence-electron chi connectivity index (χ0n) is 15.3. The fraction of sp³-hybridized carbons (Fsp3) is 0.318. The summed E-state index contributed by atoms with van der Waals surface area (Å²) in [5.41, 5.74) is 1.33. The van der Waals surface area contributed by atoms with E-state index in [1.165, 1.54) is 31.2 Å². The van der Waals surface area contributed by atoms with Crippen LogP contribution in [0, 0.1) is 0 Å². The fourth-order valence-electron chi connectivity index (χ4n) is 2.44. The molecular weight excluding hydrogens is 328 g/mol. The van der Waals surface area contributed by atoms with Gasteiger partial charge in [-0.2, -0.15) is 0 Å². The molecule has 0 heterocycles. The van der Waals surface area contributed by atoms with Gasteiger partial charge in [0.05, 0.1) is 0 Å². The van der Waals surface area contributed by atoms with Crippen LogP contribution in [0.5, 0.6) is 17.2 Å². The van der Waals surface area contributed by atoms with Crippen molar-refractivity contribution in [1.82, 2.24) is 0 Å². The molecule has 0 saturated carbocycles. The Labute approximate surface area is 155 Å². The number of hydrogen-bond donors (Lipinski definition) is 0. The molecule has 138 valence electrons. The minimum absolute atomic E-state index is 0.113. The summed E-state index contributed by atoms with van der Waals surface area (Å²) in [6.07, 6.45) is 7.31. The maximum atomic E-state index is 11.1. The molecule has 0 aliphatic heterocycles. The van der Waals surface area contributed by atoms with Gasteiger partial charge in [-0.1, -0.05) is 44.9 Å². The van der Waals surface area contributed by atoms with Crippen molar-refractivity contribution in [3.8, 4) is 17.2 Å². The molecule has 0 N–H and O–H groups in total. The number of aryl methyl sites for hydroxylation is 1. The van der Waals surface area contributed by atoms with E-state index in [0.717, 1.165) is 18.2 Å². The Morgan fingerprint density at radius 2 is 1.46 bits per heavy atom. The third-order valence-corrected chi connectivity index (χ3v) is 3.90. The molecule has 0 atom stereocenters. The van der Waals surface area contributed by atoms with E-state index < -0.39 is 5.97 Å². The zero-order chi connectivity index (χ0) is 18.6. The summed E-state index contributed by atoms with van der Waals surface area (Å²) in [4.78, 5) is 11.1. The third-order valence-electron chi connectivity index (χ3n) is 3.90. The molecule has 0 aromatic heterocycles. The molecule has 0 aliphatic carbocycles. The number of carbonyl (C=O) groups is 1. The van der Waals surface area contributed by atoms with Crippen LogP contribution in [0.25, 0.3) is 0 Å². The number of hydrogen-bond acceptors (Lipinski definition) is 4. The first-order chi connectivity index (χ1) is 12.7. The summed E-state index contributed by atoms with van der Waals surface area (Å²) in [7, 11) is 0. The molecule has 2 rings (SSSR count). The molecular formula is C22H26O4. The summed E-state index contributed by atoms with van der Waals surface area (Å²) < 4.78 is 16.1. The van der Waals surface area contributed by atoms with Crippen molar-refractivity contribution in [2.75, 3.05) is 6.79 Å². The highest BCUT2D eigenvalue weighted by atomic mass is 16.7. The number of esters is 1. The van der Waals surface area contributed by atoms with Gasteiger partial charge in [0.2, 0.25) is 6.79 Å². The number of carbonyl (C=O) groups excluding carboxylic acids is 1. The molecule has 4 heteroatoms. The van der Waals surface area contributed by atoms with Gasteiger partial charge in [-0.15, -0.1) is 0 Å². The third kappa shape index (κ3) is 7.01. The SMILES string of the molecule is C=CC(=O)Oc1ccc(OCOc2ccc(CCCCCC)cc2)cc1. The zero-order valence-corrected chi connectivity index (χ0v) is 15.3. The van der Waals surface area contributed by atoms with Gasteiger partial charge in [0.1, 0.15) is 17.2 Å². The standard InChI is InChI=1S/C22H26O4/c1-3-5-6-7-8-18-9-11-19(12-10-18)24-17-25-20-13-15-21(16-14-20)26-22(23)4-2/h4,9-16H,2-3,5-8,17H2,1H3. The molecule has 0 spiro atoms. The minimum atomic E-state index is -0.490. The molecule has 4 nitrogen and oxygen atoms in total. The first-order valence-electron chi connectivity index (χ1n) is 9.00. The van der Waals surface area contributed by atoms with E-state index >= 15 is 0 Å². The van der Waals surface area contributed by atoms with Gasteiger partial charge in [0.25, 0.3) is 0 Å². The monoisotopic (exact) mass is 354 g/mol. The van der Waals surface area contributed by atoms with E-state index in [2.05, 4.69) is 25.6 Å². The van der Waals surface area contributed by atoms with Crippen molar-refractivity contribution in [3.63, 3.8) is 0 Å². The minimum Gasteiger partial charge on any atom is -0.458 e. The van der Waals surface area contributed by atoms with E-state index in [4.69, 9.17) is 14.2 Å². The topological polar surface area (TPSA) is 44.8 Å². The van der Waals surface area contributed by atoms with Crippen molar-refractivity contribution >= 4 is 5.97 Å². The Kier molecular flexibility index (Phi) is 8.27. The molecule has 2 aromatic carbocycles. The number of ether oxygens (including phenoxy) is 3. The van der Waals surface area contributed by atoms with Crippen molar-refractivity contribution in [1.29, 1.82) is 0 Å².